The number of likely N-dealkylation sites (tertiary alicyclic amines) is 1. The lowest BCUT2D eigenvalue weighted by Crippen LogP contribution is -2.46. The maximum atomic E-state index is 12.7. The van der Waals surface area contributed by atoms with Gasteiger partial charge in [-0.3, -0.25) is 19.0 Å². The largest absolute Gasteiger partial charge is 0.350 e. The predicted molar refractivity (Wildman–Crippen MR) is 108 cm³/mol. The average Bonchev–Trinajstić information content (AvgIpc) is 3.52. The minimum Gasteiger partial charge on any atom is -0.350 e. The van der Waals surface area contributed by atoms with E-state index in [0.717, 1.165) is 55.1 Å². The Kier molecular flexibility index (Phi) is 5.20. The number of aryl methyl sites for hydroxylation is 1. The van der Waals surface area contributed by atoms with Crippen molar-refractivity contribution in [1.29, 1.82) is 0 Å². The zero-order chi connectivity index (χ0) is 19.7. The number of para-hydroxylation sites is 1. The summed E-state index contributed by atoms with van der Waals surface area (Å²) in [6, 6.07) is 9.18. The van der Waals surface area contributed by atoms with Gasteiger partial charge in [0.05, 0.1) is 5.52 Å². The Labute approximate surface area is 164 Å². The van der Waals surface area contributed by atoms with Crippen molar-refractivity contribution in [3.8, 4) is 0 Å². The van der Waals surface area contributed by atoms with Crippen molar-refractivity contribution in [1.82, 2.24) is 14.8 Å². The summed E-state index contributed by atoms with van der Waals surface area (Å²) in [5, 5.41) is 4.04. The van der Waals surface area contributed by atoms with Crippen LogP contribution < -0.4 is 10.9 Å². The molecule has 1 aliphatic carbocycles. The minimum absolute atomic E-state index is 0.00724. The normalized spacial score (nSPS) is 20.0. The third kappa shape index (κ3) is 3.96. The van der Waals surface area contributed by atoms with Crippen LogP contribution in [0.15, 0.2) is 35.1 Å². The molecule has 1 atom stereocenters. The summed E-state index contributed by atoms with van der Waals surface area (Å²) in [6.45, 7) is 3.26. The van der Waals surface area contributed by atoms with Crippen LogP contribution in [0.3, 0.4) is 0 Å². The first-order valence-electron chi connectivity index (χ1n) is 10.2. The third-order valence-corrected chi connectivity index (χ3v) is 5.80. The van der Waals surface area contributed by atoms with Gasteiger partial charge in [0, 0.05) is 36.5 Å². The summed E-state index contributed by atoms with van der Waals surface area (Å²) in [4.78, 5) is 39.6. The van der Waals surface area contributed by atoms with E-state index in [2.05, 4.69) is 5.32 Å². The standard InChI is InChI=1S/C22H27N3O3/c1-15-12-21(27)25(19-8-3-2-7-18(15)19)14-20(26)23-17-6-4-5-11-24(13-17)22(28)16-9-10-16/h2-3,7-8,12,16-17H,4-6,9-11,13-14H2,1H3,(H,23,26)/t17-/m1/s1. The fourth-order valence-electron chi connectivity index (χ4n) is 4.13. The number of nitrogens with one attached hydrogen (secondary N) is 1. The van der Waals surface area contributed by atoms with E-state index in [1.165, 1.54) is 4.57 Å². The molecule has 6 heteroatoms. The van der Waals surface area contributed by atoms with Crippen LogP contribution in [-0.4, -0.2) is 40.4 Å². The van der Waals surface area contributed by atoms with Gasteiger partial charge in [-0.2, -0.15) is 0 Å². The summed E-state index contributed by atoms with van der Waals surface area (Å²) in [5.74, 6) is 0.260. The second kappa shape index (κ2) is 7.78. The van der Waals surface area contributed by atoms with E-state index in [4.69, 9.17) is 0 Å². The molecule has 2 amide bonds. The predicted octanol–water partition coefficient (Wildman–Crippen LogP) is 2.22. The first-order valence-corrected chi connectivity index (χ1v) is 10.2. The van der Waals surface area contributed by atoms with Gasteiger partial charge in [-0.25, -0.2) is 0 Å². The van der Waals surface area contributed by atoms with Crippen molar-refractivity contribution >= 4 is 22.7 Å². The Bertz CT molecular complexity index is 961. The van der Waals surface area contributed by atoms with Gasteiger partial charge in [-0.05, 0) is 50.7 Å². The van der Waals surface area contributed by atoms with Crippen molar-refractivity contribution in [3.63, 3.8) is 0 Å². The lowest BCUT2D eigenvalue weighted by atomic mass is 10.1. The molecule has 0 radical (unpaired) electrons. The van der Waals surface area contributed by atoms with E-state index in [0.29, 0.717) is 6.54 Å². The molecule has 0 bridgehead atoms. The SMILES string of the molecule is Cc1cc(=O)n(CC(=O)N[C@@H]2CCCCN(C(=O)C3CC3)C2)c2ccccc12. The van der Waals surface area contributed by atoms with Crippen molar-refractivity contribution in [3.05, 3.63) is 46.2 Å². The number of aromatic nitrogens is 1. The summed E-state index contributed by atoms with van der Waals surface area (Å²) in [7, 11) is 0. The molecule has 0 spiro atoms. The molecule has 4 rings (SSSR count). The number of carbonyl (C=O) groups excluding carboxylic acids is 2. The van der Waals surface area contributed by atoms with Gasteiger partial charge in [-0.15, -0.1) is 0 Å². The summed E-state index contributed by atoms with van der Waals surface area (Å²) in [6.07, 6.45) is 4.83. The number of fused-ring (bicyclic) bond motifs is 1. The van der Waals surface area contributed by atoms with Crippen molar-refractivity contribution < 1.29 is 9.59 Å². The first-order chi connectivity index (χ1) is 13.5. The maximum Gasteiger partial charge on any atom is 0.251 e. The maximum absolute atomic E-state index is 12.7. The number of nitrogens with zero attached hydrogens (tertiary/aromatic N) is 2. The highest BCUT2D eigenvalue weighted by Crippen LogP contribution is 2.31. The van der Waals surface area contributed by atoms with Crippen LogP contribution in [0.5, 0.6) is 0 Å². The Morgan fingerprint density at radius 1 is 1.14 bits per heavy atom. The molecule has 1 aromatic heterocycles. The zero-order valence-electron chi connectivity index (χ0n) is 16.3. The molecular formula is C22H27N3O3. The van der Waals surface area contributed by atoms with E-state index < -0.39 is 0 Å². The molecule has 2 heterocycles. The molecule has 1 saturated heterocycles. The van der Waals surface area contributed by atoms with Crippen LogP contribution >= 0.6 is 0 Å². The van der Waals surface area contributed by atoms with Gasteiger partial charge >= 0.3 is 0 Å². The number of carbonyl (C=O) groups is 2. The Hall–Kier alpha value is -2.63. The topological polar surface area (TPSA) is 71.4 Å². The fourth-order valence-corrected chi connectivity index (χ4v) is 4.13. The highest BCUT2D eigenvalue weighted by Gasteiger charge is 2.34. The van der Waals surface area contributed by atoms with Crippen LogP contribution in [0.1, 0.15) is 37.7 Å². The quantitative estimate of drug-likeness (QED) is 0.883. The molecule has 1 N–H and O–H groups in total. The molecular weight excluding hydrogens is 354 g/mol. The fraction of sp³-hybridized carbons (Fsp3) is 0.500. The monoisotopic (exact) mass is 381 g/mol. The van der Waals surface area contributed by atoms with E-state index in [1.54, 1.807) is 6.07 Å². The third-order valence-electron chi connectivity index (χ3n) is 5.80. The Balaban J connectivity index is 1.47. The summed E-state index contributed by atoms with van der Waals surface area (Å²) < 4.78 is 1.53. The van der Waals surface area contributed by atoms with Gasteiger partial charge < -0.3 is 10.2 Å². The van der Waals surface area contributed by atoms with Crippen LogP contribution in [0.25, 0.3) is 10.9 Å². The number of benzene rings is 1. The summed E-state index contributed by atoms with van der Waals surface area (Å²) >= 11 is 0. The van der Waals surface area contributed by atoms with Crippen LogP contribution in [0.4, 0.5) is 0 Å². The number of amides is 2. The molecule has 2 aliphatic rings. The van der Waals surface area contributed by atoms with Crippen molar-refractivity contribution in [2.24, 2.45) is 5.92 Å². The molecule has 2 fully saturated rings. The van der Waals surface area contributed by atoms with Gasteiger partial charge in [0.25, 0.3) is 5.56 Å². The van der Waals surface area contributed by atoms with E-state index in [1.807, 2.05) is 36.1 Å². The highest BCUT2D eigenvalue weighted by atomic mass is 16.2. The molecule has 2 aromatic rings. The molecule has 28 heavy (non-hydrogen) atoms. The Morgan fingerprint density at radius 3 is 2.71 bits per heavy atom. The second-order valence-electron chi connectivity index (χ2n) is 8.09. The first kappa shape index (κ1) is 18.7. The number of rotatable bonds is 4. The molecule has 0 unspecified atom stereocenters. The van der Waals surface area contributed by atoms with E-state index >= 15 is 0 Å². The van der Waals surface area contributed by atoms with Crippen molar-refractivity contribution in [2.75, 3.05) is 13.1 Å². The zero-order valence-corrected chi connectivity index (χ0v) is 16.3. The average molecular weight is 381 g/mol. The molecule has 148 valence electrons. The number of hydrogen-bond donors (Lipinski definition) is 1. The van der Waals surface area contributed by atoms with Crippen LogP contribution in [0.2, 0.25) is 0 Å². The molecule has 1 aliphatic heterocycles. The summed E-state index contributed by atoms with van der Waals surface area (Å²) in [5.41, 5.74) is 1.52. The van der Waals surface area contributed by atoms with E-state index in [-0.39, 0.29) is 35.9 Å². The van der Waals surface area contributed by atoms with Gasteiger partial charge in [-0.1, -0.05) is 18.2 Å². The van der Waals surface area contributed by atoms with Gasteiger partial charge in [0.2, 0.25) is 11.8 Å². The van der Waals surface area contributed by atoms with Gasteiger partial charge in [0.15, 0.2) is 0 Å². The van der Waals surface area contributed by atoms with Gasteiger partial charge in [0.1, 0.15) is 6.54 Å². The highest BCUT2D eigenvalue weighted by molar-refractivity contribution is 5.85. The van der Waals surface area contributed by atoms with E-state index in [9.17, 15) is 14.4 Å². The minimum atomic E-state index is -0.179. The smallest absolute Gasteiger partial charge is 0.251 e. The Morgan fingerprint density at radius 2 is 1.93 bits per heavy atom. The number of hydrogen-bond acceptors (Lipinski definition) is 3. The van der Waals surface area contributed by atoms with Crippen LogP contribution in [0, 0.1) is 12.8 Å². The molecule has 1 saturated carbocycles. The lowest BCUT2D eigenvalue weighted by molar-refractivity contribution is -0.133. The molecule has 1 aromatic carbocycles. The second-order valence-corrected chi connectivity index (χ2v) is 8.09. The van der Waals surface area contributed by atoms with Crippen LogP contribution in [-0.2, 0) is 16.1 Å². The number of pyridine rings is 1. The lowest BCUT2D eigenvalue weighted by Gasteiger charge is -2.25. The molecule has 6 nitrogen and oxygen atoms in total. The van der Waals surface area contributed by atoms with Crippen molar-refractivity contribution in [2.45, 2.75) is 51.6 Å².